The van der Waals surface area contributed by atoms with Crippen molar-refractivity contribution in [1.29, 1.82) is 0 Å². The smallest absolute Gasteiger partial charge is 0.338 e. The maximum Gasteiger partial charge on any atom is 0.338 e. The van der Waals surface area contributed by atoms with Crippen LogP contribution in [0.1, 0.15) is 39.6 Å². The molecule has 0 fully saturated rings. The Morgan fingerprint density at radius 1 is 0.970 bits per heavy atom. The van der Waals surface area contributed by atoms with Crippen molar-refractivity contribution in [1.82, 2.24) is 0 Å². The number of aryl methyl sites for hydroxylation is 1. The monoisotopic (exact) mass is 464 g/mol. The first-order chi connectivity index (χ1) is 15.9. The number of ether oxygens (including phenoxy) is 1. The van der Waals surface area contributed by atoms with Crippen molar-refractivity contribution in [3.05, 3.63) is 89.5 Å². The summed E-state index contributed by atoms with van der Waals surface area (Å²) in [5.74, 6) is -0.887. The van der Waals surface area contributed by atoms with Gasteiger partial charge >= 0.3 is 5.97 Å². The van der Waals surface area contributed by atoms with Crippen LogP contribution in [0, 0.1) is 0 Å². The Kier molecular flexibility index (Phi) is 6.46. The summed E-state index contributed by atoms with van der Waals surface area (Å²) in [7, 11) is -3.82. The lowest BCUT2D eigenvalue weighted by Gasteiger charge is -2.30. The topological polar surface area (TPSA) is 92.8 Å². The van der Waals surface area contributed by atoms with Crippen molar-refractivity contribution < 1.29 is 22.7 Å². The minimum atomic E-state index is -3.82. The van der Waals surface area contributed by atoms with E-state index in [1.165, 1.54) is 16.4 Å². The van der Waals surface area contributed by atoms with Gasteiger partial charge in [-0.15, -0.1) is 0 Å². The van der Waals surface area contributed by atoms with Crippen molar-refractivity contribution in [2.45, 2.75) is 24.7 Å². The molecule has 33 heavy (non-hydrogen) atoms. The van der Waals surface area contributed by atoms with E-state index in [2.05, 4.69) is 5.32 Å². The molecule has 0 radical (unpaired) electrons. The Morgan fingerprint density at radius 3 is 2.48 bits per heavy atom. The van der Waals surface area contributed by atoms with Crippen LogP contribution in [0.15, 0.2) is 77.7 Å². The zero-order chi connectivity index (χ0) is 23.4. The highest BCUT2D eigenvalue weighted by Crippen LogP contribution is 2.32. The predicted octanol–water partition coefficient (Wildman–Crippen LogP) is 4.26. The van der Waals surface area contributed by atoms with Gasteiger partial charge in [-0.25, -0.2) is 13.2 Å². The molecular weight excluding hydrogens is 440 g/mol. The average Bonchev–Trinajstić information content (AvgIpc) is 2.84. The third-order valence-electron chi connectivity index (χ3n) is 5.41. The number of nitrogens with zero attached hydrogens (tertiary/aromatic N) is 1. The number of esters is 1. The van der Waals surface area contributed by atoms with Crippen molar-refractivity contribution in [3.63, 3.8) is 0 Å². The highest BCUT2D eigenvalue weighted by Gasteiger charge is 2.29. The van der Waals surface area contributed by atoms with Crippen LogP contribution >= 0.6 is 0 Å². The van der Waals surface area contributed by atoms with Crippen LogP contribution < -0.4 is 9.62 Å². The molecule has 4 rings (SSSR count). The lowest BCUT2D eigenvalue weighted by molar-refractivity contribution is 0.0526. The van der Waals surface area contributed by atoms with E-state index < -0.39 is 21.9 Å². The summed E-state index contributed by atoms with van der Waals surface area (Å²) in [6.45, 7) is 2.40. The van der Waals surface area contributed by atoms with E-state index in [9.17, 15) is 18.0 Å². The van der Waals surface area contributed by atoms with Gasteiger partial charge in [-0.1, -0.05) is 24.3 Å². The maximum absolute atomic E-state index is 13.4. The molecule has 3 aromatic rings. The molecule has 1 aliphatic rings. The Bertz CT molecular complexity index is 1290. The van der Waals surface area contributed by atoms with E-state index in [0.717, 1.165) is 18.4 Å². The highest BCUT2D eigenvalue weighted by molar-refractivity contribution is 7.92. The summed E-state index contributed by atoms with van der Waals surface area (Å²) in [6, 6.07) is 19.8. The molecule has 0 saturated carbocycles. The first-order valence-electron chi connectivity index (χ1n) is 10.7. The number of hydrogen-bond acceptors (Lipinski definition) is 5. The standard InChI is InChI=1S/C25H24N2O5S/c1-2-32-25(29)19-12-14-21(15-13-19)26-24(28)20-8-5-10-22(17-20)33(30,31)27-16-6-9-18-7-3-4-11-23(18)27/h3-5,7-8,10-15,17H,2,6,9,16H2,1H3,(H,26,28). The Hall–Kier alpha value is -3.65. The average molecular weight is 465 g/mol. The lowest BCUT2D eigenvalue weighted by atomic mass is 10.0. The summed E-state index contributed by atoms with van der Waals surface area (Å²) >= 11 is 0. The van der Waals surface area contributed by atoms with Gasteiger partial charge in [-0.2, -0.15) is 0 Å². The summed E-state index contributed by atoms with van der Waals surface area (Å²) < 4.78 is 33.1. The second-order valence-electron chi connectivity index (χ2n) is 7.59. The molecule has 1 N–H and O–H groups in total. The molecule has 0 atom stereocenters. The number of para-hydroxylation sites is 1. The molecule has 170 valence electrons. The number of sulfonamides is 1. The Morgan fingerprint density at radius 2 is 1.73 bits per heavy atom. The fourth-order valence-electron chi connectivity index (χ4n) is 3.78. The molecule has 1 amide bonds. The molecule has 0 spiro atoms. The van der Waals surface area contributed by atoms with Crippen LogP contribution in [0.25, 0.3) is 0 Å². The van der Waals surface area contributed by atoms with Gasteiger partial charge in [0.15, 0.2) is 0 Å². The number of hydrogen-bond donors (Lipinski definition) is 1. The number of fused-ring (bicyclic) bond motifs is 1. The molecule has 1 heterocycles. The molecule has 0 aliphatic carbocycles. The van der Waals surface area contributed by atoms with Crippen LogP contribution in [-0.4, -0.2) is 33.4 Å². The number of carbonyl (C=O) groups is 2. The number of anilines is 2. The third kappa shape index (κ3) is 4.75. The van der Waals surface area contributed by atoms with Crippen LogP contribution in [0.5, 0.6) is 0 Å². The van der Waals surface area contributed by atoms with E-state index in [4.69, 9.17) is 4.74 Å². The summed E-state index contributed by atoms with van der Waals surface area (Å²) in [5, 5.41) is 2.73. The number of amides is 1. The van der Waals surface area contributed by atoms with Crippen molar-refractivity contribution in [3.8, 4) is 0 Å². The molecule has 0 saturated heterocycles. The van der Waals surface area contributed by atoms with Crippen molar-refractivity contribution in [2.75, 3.05) is 22.8 Å². The minimum absolute atomic E-state index is 0.0597. The van der Waals surface area contributed by atoms with E-state index in [1.807, 2.05) is 24.3 Å². The SMILES string of the molecule is CCOC(=O)c1ccc(NC(=O)c2cccc(S(=O)(=O)N3CCCc4ccccc43)c2)cc1. The van der Waals surface area contributed by atoms with Crippen molar-refractivity contribution >= 4 is 33.3 Å². The van der Waals surface area contributed by atoms with Crippen LogP contribution in [0.4, 0.5) is 11.4 Å². The minimum Gasteiger partial charge on any atom is -0.462 e. The van der Waals surface area contributed by atoms with Gasteiger partial charge in [0.05, 0.1) is 22.8 Å². The second kappa shape index (κ2) is 9.46. The molecule has 0 bridgehead atoms. The molecule has 3 aromatic carbocycles. The largest absolute Gasteiger partial charge is 0.462 e. The quantitative estimate of drug-likeness (QED) is 0.551. The van der Waals surface area contributed by atoms with Gasteiger partial charge in [-0.3, -0.25) is 9.10 Å². The second-order valence-corrected chi connectivity index (χ2v) is 9.45. The zero-order valence-electron chi connectivity index (χ0n) is 18.2. The Balaban J connectivity index is 1.54. The van der Waals surface area contributed by atoms with E-state index in [-0.39, 0.29) is 17.1 Å². The van der Waals surface area contributed by atoms with Crippen molar-refractivity contribution in [2.24, 2.45) is 0 Å². The summed E-state index contributed by atoms with van der Waals surface area (Å²) in [6.07, 6.45) is 1.57. The molecule has 8 heteroatoms. The summed E-state index contributed by atoms with van der Waals surface area (Å²) in [4.78, 5) is 24.6. The normalized spacial score (nSPS) is 13.2. The highest BCUT2D eigenvalue weighted by atomic mass is 32.2. The van der Waals surface area contributed by atoms with E-state index >= 15 is 0 Å². The summed E-state index contributed by atoms with van der Waals surface area (Å²) in [5.41, 5.74) is 2.75. The number of carbonyl (C=O) groups excluding carboxylic acids is 2. The number of rotatable bonds is 6. The third-order valence-corrected chi connectivity index (χ3v) is 7.21. The van der Waals surface area contributed by atoms with Gasteiger partial charge in [-0.05, 0) is 73.9 Å². The van der Waals surface area contributed by atoms with Gasteiger partial charge in [0, 0.05) is 17.8 Å². The molecule has 0 unspecified atom stereocenters. The van der Waals surface area contributed by atoms with Crippen LogP contribution in [-0.2, 0) is 21.2 Å². The van der Waals surface area contributed by atoms with Gasteiger partial charge in [0.2, 0.25) is 0 Å². The fourth-order valence-corrected chi connectivity index (χ4v) is 5.37. The maximum atomic E-state index is 13.4. The number of benzene rings is 3. The molecule has 0 aromatic heterocycles. The van der Waals surface area contributed by atoms with Gasteiger partial charge in [0.25, 0.3) is 15.9 Å². The molecule has 1 aliphatic heterocycles. The molecular formula is C25H24N2O5S. The fraction of sp³-hybridized carbons (Fsp3) is 0.200. The molecule has 7 nitrogen and oxygen atoms in total. The van der Waals surface area contributed by atoms with Crippen LogP contribution in [0.2, 0.25) is 0 Å². The predicted molar refractivity (Wildman–Crippen MR) is 126 cm³/mol. The Labute approximate surface area is 193 Å². The number of nitrogens with one attached hydrogen (secondary N) is 1. The van der Waals surface area contributed by atoms with Gasteiger partial charge in [0.1, 0.15) is 0 Å². The first kappa shape index (κ1) is 22.5. The zero-order valence-corrected chi connectivity index (χ0v) is 19.0. The van der Waals surface area contributed by atoms with Gasteiger partial charge < -0.3 is 10.1 Å². The van der Waals surface area contributed by atoms with E-state index in [1.54, 1.807) is 43.3 Å². The lowest BCUT2D eigenvalue weighted by Crippen LogP contribution is -2.35. The van der Waals surface area contributed by atoms with Crippen LogP contribution in [0.3, 0.4) is 0 Å². The van der Waals surface area contributed by atoms with E-state index in [0.29, 0.717) is 23.5 Å². The first-order valence-corrected chi connectivity index (χ1v) is 12.1.